The molecule has 192 valence electrons. The maximum Gasteiger partial charge on any atom is 0.414 e. The van der Waals surface area contributed by atoms with E-state index in [1.165, 1.54) is 9.91 Å². The lowest BCUT2D eigenvalue weighted by molar-refractivity contribution is -0.191. The molecule has 0 aliphatic carbocycles. The second-order valence-corrected chi connectivity index (χ2v) is 7.56. The fraction of sp³-hybridized carbons (Fsp3) is 0.524. The molecule has 0 radical (unpaired) electrons. The molecule has 1 atom stereocenters. The molecule has 0 spiro atoms. The average Bonchev–Trinajstić information content (AvgIpc) is 3.01. The molecule has 1 aromatic rings. The van der Waals surface area contributed by atoms with Gasteiger partial charge in [0.2, 0.25) is 5.91 Å². The Bertz CT molecular complexity index is 950. The number of halogens is 4. The first kappa shape index (κ1) is 27.7. The number of carbonyl (C=O) groups excluding carboxylic acids is 5. The van der Waals surface area contributed by atoms with Crippen molar-refractivity contribution in [2.24, 2.45) is 0 Å². The molecule has 35 heavy (non-hydrogen) atoms. The van der Waals surface area contributed by atoms with Crippen molar-refractivity contribution in [3.8, 4) is 0 Å². The summed E-state index contributed by atoms with van der Waals surface area (Å²) in [7, 11) is 0. The van der Waals surface area contributed by atoms with Gasteiger partial charge in [0, 0.05) is 44.6 Å². The van der Waals surface area contributed by atoms with Gasteiger partial charge in [-0.25, -0.2) is 27.8 Å². The van der Waals surface area contributed by atoms with E-state index in [1.807, 2.05) is 0 Å². The van der Waals surface area contributed by atoms with Crippen molar-refractivity contribution in [2.45, 2.75) is 38.7 Å². The number of ketones is 1. The fourth-order valence-corrected chi connectivity index (χ4v) is 3.66. The van der Waals surface area contributed by atoms with Crippen LogP contribution in [-0.2, 0) is 23.9 Å². The lowest BCUT2D eigenvalue weighted by Crippen LogP contribution is -2.43. The predicted molar refractivity (Wildman–Crippen MR) is 111 cm³/mol. The molecule has 2 aliphatic rings. The van der Waals surface area contributed by atoms with Gasteiger partial charge in [-0.15, -0.1) is 0 Å². The van der Waals surface area contributed by atoms with E-state index in [1.54, 1.807) is 6.92 Å². The summed E-state index contributed by atoms with van der Waals surface area (Å²) in [5.74, 6) is -3.16. The topological polar surface area (TPSA) is 116 Å². The van der Waals surface area contributed by atoms with Crippen molar-refractivity contribution in [1.29, 1.82) is 0 Å². The molecule has 2 amide bonds. The van der Waals surface area contributed by atoms with Gasteiger partial charge in [0.05, 0.1) is 18.8 Å². The Kier molecular flexibility index (Phi) is 10.2. The second kappa shape index (κ2) is 12.8. The van der Waals surface area contributed by atoms with Gasteiger partial charge in [0.15, 0.2) is 17.4 Å². The monoisotopic (exact) mass is 504 g/mol. The number of rotatable bonds is 7. The van der Waals surface area contributed by atoms with Gasteiger partial charge in [-0.05, 0) is 6.42 Å². The summed E-state index contributed by atoms with van der Waals surface area (Å²) in [6, 6.07) is 2.00. The molecule has 0 unspecified atom stereocenters. The number of cyclic esters (lactones) is 1. The van der Waals surface area contributed by atoms with Crippen LogP contribution in [0.25, 0.3) is 0 Å². The van der Waals surface area contributed by atoms with E-state index in [2.05, 4.69) is 5.43 Å². The summed E-state index contributed by atoms with van der Waals surface area (Å²) >= 11 is 0. The number of carbonyl (C=O) groups is 3. The average molecular weight is 504 g/mol. The normalized spacial score (nSPS) is 17.9. The minimum Gasteiger partial charge on any atom is -0.444 e. The number of ether oxygens (including phenoxy) is 1. The van der Waals surface area contributed by atoms with Crippen LogP contribution in [-0.4, -0.2) is 74.2 Å². The van der Waals surface area contributed by atoms with Crippen LogP contribution < -0.4 is 15.2 Å². The number of Topliss-reactive ketones (excluding diaryl/α,β-unsaturated/α-hetero) is 1. The van der Waals surface area contributed by atoms with Crippen molar-refractivity contribution in [2.75, 3.05) is 42.5 Å². The van der Waals surface area contributed by atoms with Crippen LogP contribution in [0.15, 0.2) is 12.1 Å². The zero-order chi connectivity index (χ0) is 26.1. The molecule has 10 nitrogen and oxygen atoms in total. The van der Waals surface area contributed by atoms with Crippen LogP contribution >= 0.6 is 0 Å². The van der Waals surface area contributed by atoms with E-state index in [-0.39, 0.29) is 56.0 Å². The molecule has 3 rings (SSSR count). The molecule has 2 aliphatic heterocycles. The first-order valence-electron chi connectivity index (χ1n) is 10.7. The van der Waals surface area contributed by atoms with Crippen LogP contribution in [0.1, 0.15) is 26.2 Å². The summed E-state index contributed by atoms with van der Waals surface area (Å²) in [5.41, 5.74) is 2.57. The number of amides is 2. The Balaban J connectivity index is 0.00000137. The molecule has 0 saturated carbocycles. The van der Waals surface area contributed by atoms with Gasteiger partial charge in [0.25, 0.3) is 6.43 Å². The Labute approximate surface area is 197 Å². The summed E-state index contributed by atoms with van der Waals surface area (Å²) in [6.07, 6.45) is -4.84. The number of nitrogens with one attached hydrogen (secondary N) is 1. The highest BCUT2D eigenvalue weighted by Crippen LogP contribution is 2.31. The first-order valence-corrected chi connectivity index (χ1v) is 10.7. The molecule has 0 bridgehead atoms. The van der Waals surface area contributed by atoms with E-state index in [4.69, 9.17) is 14.3 Å². The number of hydrogen-bond acceptors (Lipinski definition) is 8. The van der Waals surface area contributed by atoms with Gasteiger partial charge in [-0.2, -0.15) is 9.59 Å². The van der Waals surface area contributed by atoms with E-state index in [9.17, 15) is 31.9 Å². The van der Waals surface area contributed by atoms with Gasteiger partial charge in [0.1, 0.15) is 11.8 Å². The third-order valence-corrected chi connectivity index (χ3v) is 5.34. The number of alkyl halides is 2. The molecule has 2 heterocycles. The third-order valence-electron chi connectivity index (χ3n) is 5.34. The Morgan fingerprint density at radius 2 is 1.80 bits per heavy atom. The highest BCUT2D eigenvalue weighted by molar-refractivity contribution is 5.90. The highest BCUT2D eigenvalue weighted by Gasteiger charge is 2.34. The van der Waals surface area contributed by atoms with Gasteiger partial charge in [-0.1, -0.05) is 6.92 Å². The highest BCUT2D eigenvalue weighted by atomic mass is 19.3. The SMILES string of the molecule is CCC(=O)N1CCN(c2c(F)cc(N3C[C@H](CCC(=O)C(F)F)OC3=O)cc2F)CCN1.O=C=O. The number of anilines is 2. The van der Waals surface area contributed by atoms with Crippen molar-refractivity contribution in [3.63, 3.8) is 0 Å². The van der Waals surface area contributed by atoms with Crippen LogP contribution in [0, 0.1) is 11.6 Å². The lowest BCUT2D eigenvalue weighted by Gasteiger charge is -2.25. The zero-order valence-corrected chi connectivity index (χ0v) is 18.8. The molecule has 0 aromatic heterocycles. The Morgan fingerprint density at radius 3 is 2.37 bits per heavy atom. The van der Waals surface area contributed by atoms with E-state index < -0.39 is 42.5 Å². The van der Waals surface area contributed by atoms with Gasteiger partial charge in [-0.3, -0.25) is 19.5 Å². The van der Waals surface area contributed by atoms with Crippen molar-refractivity contribution in [3.05, 3.63) is 23.8 Å². The lowest BCUT2D eigenvalue weighted by atomic mass is 10.1. The smallest absolute Gasteiger partial charge is 0.414 e. The van der Waals surface area contributed by atoms with E-state index in [0.29, 0.717) is 13.0 Å². The van der Waals surface area contributed by atoms with Crippen molar-refractivity contribution in [1.82, 2.24) is 10.4 Å². The van der Waals surface area contributed by atoms with Crippen LogP contribution in [0.4, 0.5) is 33.7 Å². The summed E-state index contributed by atoms with van der Waals surface area (Å²) in [6.45, 7) is 2.61. The van der Waals surface area contributed by atoms with Crippen LogP contribution in [0.2, 0.25) is 0 Å². The molecular weight excluding hydrogens is 480 g/mol. The molecule has 1 N–H and O–H groups in total. The number of nitrogens with zero attached hydrogens (tertiary/aromatic N) is 3. The predicted octanol–water partition coefficient (Wildman–Crippen LogP) is 1.88. The maximum absolute atomic E-state index is 14.9. The zero-order valence-electron chi connectivity index (χ0n) is 18.8. The quantitative estimate of drug-likeness (QED) is 0.560. The first-order chi connectivity index (χ1) is 16.6. The van der Waals surface area contributed by atoms with Gasteiger partial charge >= 0.3 is 12.2 Å². The number of hydrazine groups is 1. The van der Waals surface area contributed by atoms with Crippen molar-refractivity contribution >= 4 is 35.3 Å². The Hall–Kier alpha value is -3.51. The third kappa shape index (κ3) is 7.23. The minimum atomic E-state index is -3.10. The number of benzene rings is 1. The molecule has 14 heteroatoms. The standard InChI is InChI=1S/C20H24F4N4O4.CO2/c1-2-17(30)28-8-7-26(6-5-25-28)18-14(21)9-12(10-15(18)22)27-11-13(32-20(27)31)3-4-16(29)19(23)24;2-1-3/h9-10,13,19,25H,2-8,11H2,1H3;/t13-;/m0./s1. The Morgan fingerprint density at radius 1 is 1.17 bits per heavy atom. The molecular formula is C21H24F4N4O6. The molecule has 2 saturated heterocycles. The van der Waals surface area contributed by atoms with E-state index >= 15 is 0 Å². The minimum absolute atomic E-state index is 0.0767. The van der Waals surface area contributed by atoms with Crippen molar-refractivity contribution < 1.29 is 46.3 Å². The fourth-order valence-electron chi connectivity index (χ4n) is 3.66. The maximum atomic E-state index is 14.9. The summed E-state index contributed by atoms with van der Waals surface area (Å²) < 4.78 is 59.5. The summed E-state index contributed by atoms with van der Waals surface area (Å²) in [4.78, 5) is 53.8. The second-order valence-electron chi connectivity index (χ2n) is 7.56. The number of hydrogen-bond donors (Lipinski definition) is 1. The molecule has 1 aromatic carbocycles. The van der Waals surface area contributed by atoms with Crippen LogP contribution in [0.5, 0.6) is 0 Å². The van der Waals surface area contributed by atoms with Gasteiger partial charge < -0.3 is 9.64 Å². The largest absolute Gasteiger partial charge is 0.444 e. The summed E-state index contributed by atoms with van der Waals surface area (Å²) in [5, 5.41) is 1.42. The molecule has 2 fully saturated rings. The van der Waals surface area contributed by atoms with Crippen LogP contribution in [0.3, 0.4) is 0 Å². The van der Waals surface area contributed by atoms with E-state index in [0.717, 1.165) is 17.0 Å².